The number of nitrogens with zero attached hydrogens (tertiary/aromatic N) is 3. The summed E-state index contributed by atoms with van der Waals surface area (Å²) in [5, 5.41) is 0.829. The average Bonchev–Trinajstić information content (AvgIpc) is 3.37. The lowest BCUT2D eigenvalue weighted by atomic mass is 10.00. The first-order valence-corrected chi connectivity index (χ1v) is 9.60. The largest absolute Gasteiger partial charge is 0.494 e. The number of imide groups is 1. The van der Waals surface area contributed by atoms with Gasteiger partial charge in [-0.05, 0) is 24.3 Å². The van der Waals surface area contributed by atoms with E-state index in [0.717, 1.165) is 21.1 Å². The molecule has 2 saturated heterocycles. The van der Waals surface area contributed by atoms with Crippen LogP contribution in [0.25, 0.3) is 10.2 Å². The van der Waals surface area contributed by atoms with Crippen molar-refractivity contribution in [2.75, 3.05) is 30.0 Å². The Labute approximate surface area is 160 Å². The molecule has 1 aromatic heterocycles. The Kier molecular flexibility index (Phi) is 3.65. The Bertz CT molecular complexity index is 1030. The van der Waals surface area contributed by atoms with Crippen LogP contribution in [0.3, 0.4) is 0 Å². The molecule has 0 bridgehead atoms. The van der Waals surface area contributed by atoms with Gasteiger partial charge in [-0.25, -0.2) is 9.88 Å². The van der Waals surface area contributed by atoms with Crippen LogP contribution in [0.5, 0.6) is 5.75 Å². The Morgan fingerprint density at radius 1 is 1.00 bits per heavy atom. The summed E-state index contributed by atoms with van der Waals surface area (Å²) in [6, 6.07) is 15.0. The number of hydrogen-bond acceptors (Lipinski definition) is 6. The van der Waals surface area contributed by atoms with Crippen molar-refractivity contribution >= 4 is 44.2 Å². The van der Waals surface area contributed by atoms with E-state index in [9.17, 15) is 9.59 Å². The monoisotopic (exact) mass is 379 g/mol. The second-order valence-electron chi connectivity index (χ2n) is 6.77. The molecule has 3 heterocycles. The molecule has 0 aliphatic carbocycles. The maximum Gasteiger partial charge on any atom is 0.239 e. The zero-order chi connectivity index (χ0) is 18.5. The van der Waals surface area contributed by atoms with Gasteiger partial charge in [-0.2, -0.15) is 0 Å². The third kappa shape index (κ3) is 2.42. The number of amides is 2. The zero-order valence-electron chi connectivity index (χ0n) is 14.7. The van der Waals surface area contributed by atoms with Gasteiger partial charge in [0.25, 0.3) is 0 Å². The van der Waals surface area contributed by atoms with E-state index in [2.05, 4.69) is 4.90 Å². The molecule has 5 rings (SSSR count). The molecule has 2 fully saturated rings. The summed E-state index contributed by atoms with van der Waals surface area (Å²) in [4.78, 5) is 33.9. The third-order valence-corrected chi connectivity index (χ3v) is 6.35. The highest BCUT2D eigenvalue weighted by atomic mass is 32.1. The van der Waals surface area contributed by atoms with Crippen LogP contribution in [-0.4, -0.2) is 37.0 Å². The number of anilines is 2. The van der Waals surface area contributed by atoms with Gasteiger partial charge in [0, 0.05) is 13.1 Å². The van der Waals surface area contributed by atoms with Gasteiger partial charge in [0.2, 0.25) is 11.8 Å². The lowest BCUT2D eigenvalue weighted by Crippen LogP contribution is -2.36. The predicted octanol–water partition coefficient (Wildman–Crippen LogP) is 2.93. The van der Waals surface area contributed by atoms with Gasteiger partial charge in [-0.3, -0.25) is 9.59 Å². The molecule has 0 spiro atoms. The summed E-state index contributed by atoms with van der Waals surface area (Å²) >= 11 is 1.56. The smallest absolute Gasteiger partial charge is 0.239 e. The molecule has 27 heavy (non-hydrogen) atoms. The van der Waals surface area contributed by atoms with Gasteiger partial charge in [-0.1, -0.05) is 35.6 Å². The predicted molar refractivity (Wildman–Crippen MR) is 104 cm³/mol. The first kappa shape index (κ1) is 16.3. The van der Waals surface area contributed by atoms with E-state index in [0.29, 0.717) is 18.8 Å². The summed E-state index contributed by atoms with van der Waals surface area (Å²) in [5.74, 6) is -0.121. The fourth-order valence-electron chi connectivity index (χ4n) is 3.94. The standard InChI is InChI=1S/C20H17N3O3S/c1-26-15-8-5-9-16-17(15)21-20(27-16)22-10-13-14(11-22)19(25)23(18(13)24)12-6-3-2-4-7-12/h2-9,13-14H,10-11H2,1H3. The van der Waals surface area contributed by atoms with E-state index in [1.807, 2.05) is 36.4 Å². The number of methoxy groups -OCH3 is 1. The fraction of sp³-hybridized carbons (Fsp3) is 0.250. The summed E-state index contributed by atoms with van der Waals surface area (Å²) in [6.45, 7) is 1.03. The summed E-state index contributed by atoms with van der Waals surface area (Å²) in [7, 11) is 1.63. The van der Waals surface area contributed by atoms with Crippen LogP contribution in [0.1, 0.15) is 0 Å². The maximum absolute atomic E-state index is 12.9. The number of fused-ring (bicyclic) bond motifs is 2. The van der Waals surface area contributed by atoms with E-state index in [4.69, 9.17) is 9.72 Å². The van der Waals surface area contributed by atoms with E-state index in [-0.39, 0.29) is 23.7 Å². The lowest BCUT2D eigenvalue weighted by molar-refractivity contribution is -0.122. The van der Waals surface area contributed by atoms with Crippen molar-refractivity contribution in [3.63, 3.8) is 0 Å². The molecule has 136 valence electrons. The Morgan fingerprint density at radius 3 is 2.37 bits per heavy atom. The molecule has 2 aliphatic rings. The molecule has 2 unspecified atom stereocenters. The van der Waals surface area contributed by atoms with Crippen LogP contribution >= 0.6 is 11.3 Å². The van der Waals surface area contributed by atoms with E-state index >= 15 is 0 Å². The van der Waals surface area contributed by atoms with Crippen molar-refractivity contribution in [3.8, 4) is 5.75 Å². The minimum Gasteiger partial charge on any atom is -0.494 e. The van der Waals surface area contributed by atoms with Crippen LogP contribution < -0.4 is 14.5 Å². The highest BCUT2D eigenvalue weighted by Crippen LogP contribution is 2.41. The van der Waals surface area contributed by atoms with E-state index in [1.165, 1.54) is 4.90 Å². The topological polar surface area (TPSA) is 62.7 Å². The number of benzene rings is 2. The van der Waals surface area contributed by atoms with Crippen LogP contribution in [-0.2, 0) is 9.59 Å². The lowest BCUT2D eigenvalue weighted by Gasteiger charge is -2.20. The molecule has 3 aromatic rings. The Morgan fingerprint density at radius 2 is 1.70 bits per heavy atom. The molecule has 0 N–H and O–H groups in total. The normalized spacial score (nSPS) is 22.0. The molecular formula is C20H17N3O3S. The zero-order valence-corrected chi connectivity index (χ0v) is 15.5. The van der Waals surface area contributed by atoms with Gasteiger partial charge < -0.3 is 9.64 Å². The number of rotatable bonds is 3. The first-order valence-electron chi connectivity index (χ1n) is 8.78. The van der Waals surface area contributed by atoms with Gasteiger partial charge in [0.15, 0.2) is 5.13 Å². The third-order valence-electron chi connectivity index (χ3n) is 5.27. The molecule has 2 aliphatic heterocycles. The molecule has 2 amide bonds. The van der Waals surface area contributed by atoms with Crippen molar-refractivity contribution in [3.05, 3.63) is 48.5 Å². The summed E-state index contributed by atoms with van der Waals surface area (Å²) in [5.41, 5.74) is 1.47. The second-order valence-corrected chi connectivity index (χ2v) is 7.78. The molecule has 2 aromatic carbocycles. The van der Waals surface area contributed by atoms with Crippen molar-refractivity contribution in [1.29, 1.82) is 0 Å². The van der Waals surface area contributed by atoms with Crippen molar-refractivity contribution in [2.24, 2.45) is 11.8 Å². The highest BCUT2D eigenvalue weighted by molar-refractivity contribution is 7.22. The van der Waals surface area contributed by atoms with Crippen LogP contribution in [0, 0.1) is 11.8 Å². The molecule has 0 radical (unpaired) electrons. The molecule has 0 saturated carbocycles. The Balaban J connectivity index is 1.43. The highest BCUT2D eigenvalue weighted by Gasteiger charge is 2.53. The van der Waals surface area contributed by atoms with Gasteiger partial charge in [-0.15, -0.1) is 0 Å². The number of hydrogen-bond donors (Lipinski definition) is 0. The van der Waals surface area contributed by atoms with Crippen molar-refractivity contribution in [2.45, 2.75) is 0 Å². The van der Waals surface area contributed by atoms with Crippen molar-refractivity contribution < 1.29 is 14.3 Å². The summed E-state index contributed by atoms with van der Waals surface area (Å²) < 4.78 is 6.42. The number of thiazole rings is 1. The van der Waals surface area contributed by atoms with Gasteiger partial charge in [0.1, 0.15) is 11.3 Å². The first-order chi connectivity index (χ1) is 13.2. The molecule has 2 atom stereocenters. The van der Waals surface area contributed by atoms with Gasteiger partial charge >= 0.3 is 0 Å². The number of ether oxygens (including phenoxy) is 1. The second kappa shape index (κ2) is 6.06. The molecule has 7 heteroatoms. The van der Waals surface area contributed by atoms with Crippen LogP contribution in [0.4, 0.5) is 10.8 Å². The van der Waals surface area contributed by atoms with Gasteiger partial charge in [0.05, 0.1) is 29.3 Å². The SMILES string of the molecule is COc1cccc2sc(N3CC4C(=O)N(c5ccccc5)C(=O)C4C3)nc12. The Hall–Kier alpha value is -2.93. The van der Waals surface area contributed by atoms with Crippen molar-refractivity contribution in [1.82, 2.24) is 4.98 Å². The van der Waals surface area contributed by atoms with Crippen LogP contribution in [0.2, 0.25) is 0 Å². The van der Waals surface area contributed by atoms with E-state index < -0.39 is 0 Å². The fourth-order valence-corrected chi connectivity index (χ4v) is 4.95. The van der Waals surface area contributed by atoms with E-state index in [1.54, 1.807) is 30.6 Å². The minimum absolute atomic E-state index is 0.114. The number of aromatic nitrogens is 1. The molecule has 6 nitrogen and oxygen atoms in total. The number of para-hydroxylation sites is 2. The minimum atomic E-state index is -0.313. The number of carbonyl (C=O) groups is 2. The molecular weight excluding hydrogens is 362 g/mol. The number of carbonyl (C=O) groups excluding carboxylic acids is 2. The maximum atomic E-state index is 12.9. The summed E-state index contributed by atoms with van der Waals surface area (Å²) in [6.07, 6.45) is 0. The average molecular weight is 379 g/mol. The quantitative estimate of drug-likeness (QED) is 0.655. The van der Waals surface area contributed by atoms with Crippen LogP contribution in [0.15, 0.2) is 48.5 Å².